The summed E-state index contributed by atoms with van der Waals surface area (Å²) in [7, 11) is 0. The van der Waals surface area contributed by atoms with Crippen molar-refractivity contribution in [3.05, 3.63) is 50.7 Å². The first kappa shape index (κ1) is 12.7. The van der Waals surface area contributed by atoms with Crippen LogP contribution in [-0.4, -0.2) is 5.11 Å². The third-order valence-corrected chi connectivity index (χ3v) is 5.10. The lowest BCUT2D eigenvalue weighted by Gasteiger charge is -2.13. The number of benzene rings is 1. The number of aromatic hydroxyl groups is 1. The van der Waals surface area contributed by atoms with E-state index in [0.29, 0.717) is 11.8 Å². The zero-order valence-electron chi connectivity index (χ0n) is 11.4. The van der Waals surface area contributed by atoms with Crippen molar-refractivity contribution in [1.82, 2.24) is 5.32 Å². The molecular formula is C16H19NOS. The van der Waals surface area contributed by atoms with E-state index in [2.05, 4.69) is 31.3 Å². The number of phenolic OH excluding ortho intramolecular Hbond substituents is 1. The standard InChI is InChI=1S/C16H19NOS/c1-10-7-14(19-11(10)2)9-17-16-6-3-12-8-13(18)4-5-15(12)16/h4-5,7-8,16-18H,3,6,9H2,1-2H3. The summed E-state index contributed by atoms with van der Waals surface area (Å²) in [5.74, 6) is 0.379. The van der Waals surface area contributed by atoms with Crippen LogP contribution in [0.2, 0.25) is 0 Å². The van der Waals surface area contributed by atoms with E-state index in [4.69, 9.17) is 0 Å². The zero-order valence-corrected chi connectivity index (χ0v) is 12.2. The fourth-order valence-electron chi connectivity index (χ4n) is 2.78. The first-order valence-electron chi connectivity index (χ1n) is 6.74. The molecule has 19 heavy (non-hydrogen) atoms. The average molecular weight is 273 g/mol. The van der Waals surface area contributed by atoms with Crippen molar-refractivity contribution in [3.8, 4) is 5.75 Å². The van der Waals surface area contributed by atoms with Crippen LogP contribution in [-0.2, 0) is 13.0 Å². The van der Waals surface area contributed by atoms with E-state index in [1.165, 1.54) is 26.4 Å². The van der Waals surface area contributed by atoms with Crippen molar-refractivity contribution in [2.24, 2.45) is 0 Å². The quantitative estimate of drug-likeness (QED) is 0.890. The molecule has 2 aromatic rings. The second kappa shape index (κ2) is 4.99. The number of phenols is 1. The summed E-state index contributed by atoms with van der Waals surface area (Å²) in [6.07, 6.45) is 2.19. The van der Waals surface area contributed by atoms with Crippen molar-refractivity contribution in [3.63, 3.8) is 0 Å². The SMILES string of the molecule is Cc1cc(CNC2CCc3cc(O)ccc32)sc1C. The van der Waals surface area contributed by atoms with Gasteiger partial charge in [0.05, 0.1) is 0 Å². The van der Waals surface area contributed by atoms with E-state index in [0.717, 1.165) is 19.4 Å². The third-order valence-electron chi connectivity index (χ3n) is 3.94. The minimum atomic E-state index is 0.379. The Morgan fingerprint density at radius 3 is 2.89 bits per heavy atom. The topological polar surface area (TPSA) is 32.3 Å². The Morgan fingerprint density at radius 1 is 1.32 bits per heavy atom. The molecule has 0 fully saturated rings. The van der Waals surface area contributed by atoms with E-state index in [1.807, 2.05) is 17.4 Å². The highest BCUT2D eigenvalue weighted by Crippen LogP contribution is 2.33. The highest BCUT2D eigenvalue weighted by molar-refractivity contribution is 7.12. The predicted octanol–water partition coefficient (Wildman–Crippen LogP) is 3.85. The van der Waals surface area contributed by atoms with Gasteiger partial charge in [0.15, 0.2) is 0 Å². The Morgan fingerprint density at radius 2 is 2.16 bits per heavy atom. The molecule has 0 bridgehead atoms. The molecule has 1 aliphatic carbocycles. The number of nitrogens with one attached hydrogen (secondary N) is 1. The fourth-order valence-corrected chi connectivity index (χ4v) is 3.78. The van der Waals surface area contributed by atoms with E-state index in [9.17, 15) is 5.11 Å². The molecule has 1 unspecified atom stereocenters. The predicted molar refractivity (Wildman–Crippen MR) is 79.8 cm³/mol. The Balaban J connectivity index is 1.70. The molecule has 1 aliphatic rings. The Kier molecular flexibility index (Phi) is 3.33. The van der Waals surface area contributed by atoms with Crippen molar-refractivity contribution < 1.29 is 5.11 Å². The Bertz CT molecular complexity index is 583. The molecule has 1 aromatic heterocycles. The molecule has 1 heterocycles. The monoisotopic (exact) mass is 273 g/mol. The van der Waals surface area contributed by atoms with Gasteiger partial charge in [-0.15, -0.1) is 11.3 Å². The molecule has 3 rings (SSSR count). The van der Waals surface area contributed by atoms with Crippen LogP contribution >= 0.6 is 11.3 Å². The average Bonchev–Trinajstić information content (AvgIpc) is 2.91. The smallest absolute Gasteiger partial charge is 0.115 e. The summed E-state index contributed by atoms with van der Waals surface area (Å²) in [6, 6.07) is 8.45. The van der Waals surface area contributed by atoms with Gasteiger partial charge in [-0.25, -0.2) is 0 Å². The molecular weight excluding hydrogens is 254 g/mol. The van der Waals surface area contributed by atoms with Gasteiger partial charge in [0, 0.05) is 22.3 Å². The molecule has 1 atom stereocenters. The van der Waals surface area contributed by atoms with Crippen molar-refractivity contribution in [2.45, 2.75) is 39.3 Å². The van der Waals surface area contributed by atoms with Gasteiger partial charge in [0.2, 0.25) is 0 Å². The van der Waals surface area contributed by atoms with Gasteiger partial charge in [-0.3, -0.25) is 0 Å². The van der Waals surface area contributed by atoms with Crippen LogP contribution in [0.15, 0.2) is 24.3 Å². The van der Waals surface area contributed by atoms with Gasteiger partial charge in [-0.1, -0.05) is 6.07 Å². The summed E-state index contributed by atoms with van der Waals surface area (Å²) in [4.78, 5) is 2.82. The van der Waals surface area contributed by atoms with Crippen molar-refractivity contribution >= 4 is 11.3 Å². The van der Waals surface area contributed by atoms with Crippen molar-refractivity contribution in [2.75, 3.05) is 0 Å². The maximum atomic E-state index is 9.51. The minimum absolute atomic E-state index is 0.379. The van der Waals surface area contributed by atoms with Crippen LogP contribution in [0.1, 0.15) is 38.9 Å². The van der Waals surface area contributed by atoms with Gasteiger partial charge in [-0.05, 0) is 61.6 Å². The third kappa shape index (κ3) is 2.53. The van der Waals surface area contributed by atoms with Gasteiger partial charge in [-0.2, -0.15) is 0 Å². The van der Waals surface area contributed by atoms with E-state index < -0.39 is 0 Å². The van der Waals surface area contributed by atoms with Crippen LogP contribution in [0.25, 0.3) is 0 Å². The molecule has 0 aliphatic heterocycles. The largest absolute Gasteiger partial charge is 0.508 e. The van der Waals surface area contributed by atoms with Crippen LogP contribution in [0.3, 0.4) is 0 Å². The molecule has 0 radical (unpaired) electrons. The highest BCUT2D eigenvalue weighted by atomic mass is 32.1. The molecule has 2 nitrogen and oxygen atoms in total. The van der Waals surface area contributed by atoms with E-state index in [-0.39, 0.29) is 0 Å². The maximum Gasteiger partial charge on any atom is 0.115 e. The van der Waals surface area contributed by atoms with E-state index >= 15 is 0 Å². The van der Waals surface area contributed by atoms with E-state index in [1.54, 1.807) is 6.07 Å². The molecule has 2 N–H and O–H groups in total. The number of rotatable bonds is 3. The van der Waals surface area contributed by atoms with Crippen LogP contribution < -0.4 is 5.32 Å². The fraction of sp³-hybridized carbons (Fsp3) is 0.375. The molecule has 3 heteroatoms. The summed E-state index contributed by atoms with van der Waals surface area (Å²) in [5, 5.41) is 13.1. The van der Waals surface area contributed by atoms with Gasteiger partial charge < -0.3 is 10.4 Å². The maximum absolute atomic E-state index is 9.51. The molecule has 100 valence electrons. The minimum Gasteiger partial charge on any atom is -0.508 e. The Hall–Kier alpha value is -1.32. The number of thiophene rings is 1. The van der Waals surface area contributed by atoms with Crippen LogP contribution in [0.4, 0.5) is 0 Å². The highest BCUT2D eigenvalue weighted by Gasteiger charge is 2.22. The molecule has 1 aromatic carbocycles. The molecule has 0 spiro atoms. The number of hydrogen-bond acceptors (Lipinski definition) is 3. The van der Waals surface area contributed by atoms with Gasteiger partial charge >= 0.3 is 0 Å². The first-order chi connectivity index (χ1) is 9.13. The lowest BCUT2D eigenvalue weighted by molar-refractivity contribution is 0.474. The van der Waals surface area contributed by atoms with Crippen molar-refractivity contribution in [1.29, 1.82) is 0 Å². The lowest BCUT2D eigenvalue weighted by Crippen LogP contribution is -2.17. The van der Waals surface area contributed by atoms with Gasteiger partial charge in [0.1, 0.15) is 5.75 Å². The number of hydrogen-bond donors (Lipinski definition) is 2. The number of aryl methyl sites for hydroxylation is 3. The Labute approximate surface area is 118 Å². The van der Waals surface area contributed by atoms with Gasteiger partial charge in [0.25, 0.3) is 0 Å². The summed E-state index contributed by atoms with van der Waals surface area (Å²) in [5.41, 5.74) is 4.03. The summed E-state index contributed by atoms with van der Waals surface area (Å²) >= 11 is 1.88. The number of fused-ring (bicyclic) bond motifs is 1. The normalized spacial score (nSPS) is 17.7. The molecule has 0 saturated heterocycles. The summed E-state index contributed by atoms with van der Waals surface area (Å²) < 4.78 is 0. The zero-order chi connectivity index (χ0) is 13.4. The second-order valence-corrected chi connectivity index (χ2v) is 6.65. The van der Waals surface area contributed by atoms with Crippen LogP contribution in [0.5, 0.6) is 5.75 Å². The second-order valence-electron chi connectivity index (χ2n) is 5.31. The van der Waals surface area contributed by atoms with Crippen LogP contribution in [0, 0.1) is 13.8 Å². The molecule has 0 saturated carbocycles. The molecule has 0 amide bonds. The lowest BCUT2D eigenvalue weighted by atomic mass is 10.1. The first-order valence-corrected chi connectivity index (χ1v) is 7.56. The summed E-state index contributed by atoms with van der Waals surface area (Å²) in [6.45, 7) is 5.28.